The molecule has 0 heterocycles. The van der Waals surface area contributed by atoms with E-state index in [4.69, 9.17) is 17.3 Å². The molecule has 5 N–H and O–H groups in total. The van der Waals surface area contributed by atoms with Crippen molar-refractivity contribution in [2.75, 3.05) is 23.7 Å². The van der Waals surface area contributed by atoms with Crippen LogP contribution in [-0.4, -0.2) is 25.0 Å². The molecule has 144 valence electrons. The first-order chi connectivity index (χ1) is 12.9. The van der Waals surface area contributed by atoms with Gasteiger partial charge >= 0.3 is 6.03 Å². The third-order valence-electron chi connectivity index (χ3n) is 3.70. The van der Waals surface area contributed by atoms with Gasteiger partial charge in [-0.15, -0.1) is 0 Å². The molecule has 0 fully saturated rings. The Morgan fingerprint density at radius 2 is 1.93 bits per heavy atom. The van der Waals surface area contributed by atoms with E-state index < -0.39 is 17.8 Å². The van der Waals surface area contributed by atoms with Crippen molar-refractivity contribution < 1.29 is 14.0 Å². The average Bonchev–Trinajstić information content (AvgIpc) is 2.62. The van der Waals surface area contributed by atoms with Crippen LogP contribution in [0.2, 0.25) is 5.02 Å². The molecule has 27 heavy (non-hydrogen) atoms. The zero-order valence-corrected chi connectivity index (χ0v) is 15.7. The van der Waals surface area contributed by atoms with Crippen molar-refractivity contribution in [1.82, 2.24) is 5.32 Å². The number of halogens is 2. The molecule has 0 unspecified atom stereocenters. The number of amides is 3. The van der Waals surface area contributed by atoms with Crippen LogP contribution in [0.1, 0.15) is 29.3 Å². The highest BCUT2D eigenvalue weighted by Gasteiger charge is 2.13. The summed E-state index contributed by atoms with van der Waals surface area (Å²) in [5.41, 5.74) is 7.00. The second kappa shape index (κ2) is 9.89. The first-order valence-electron chi connectivity index (χ1n) is 8.58. The van der Waals surface area contributed by atoms with E-state index in [1.807, 2.05) is 0 Å². The molecule has 0 spiro atoms. The number of hydrogen-bond donors (Lipinski definition) is 4. The molecular weight excluding hydrogens is 371 g/mol. The van der Waals surface area contributed by atoms with Gasteiger partial charge in [0.05, 0.1) is 5.69 Å². The van der Waals surface area contributed by atoms with E-state index in [1.165, 1.54) is 24.3 Å². The SMILES string of the molecule is CCNC(=O)Nc1cc(Cl)cc(C(=O)Nc2cc(CCCN)ccc2F)c1. The summed E-state index contributed by atoms with van der Waals surface area (Å²) in [6.45, 7) is 2.77. The lowest BCUT2D eigenvalue weighted by Crippen LogP contribution is -2.28. The van der Waals surface area contributed by atoms with Crippen LogP contribution < -0.4 is 21.7 Å². The minimum absolute atomic E-state index is 0.0766. The van der Waals surface area contributed by atoms with Gasteiger partial charge in [0.2, 0.25) is 0 Å². The van der Waals surface area contributed by atoms with Crippen molar-refractivity contribution in [2.45, 2.75) is 19.8 Å². The summed E-state index contributed by atoms with van der Waals surface area (Å²) in [5, 5.41) is 7.98. The Labute approximate surface area is 162 Å². The summed E-state index contributed by atoms with van der Waals surface area (Å²) in [5.74, 6) is -1.08. The Morgan fingerprint density at radius 3 is 2.63 bits per heavy atom. The lowest BCUT2D eigenvalue weighted by atomic mass is 10.1. The van der Waals surface area contributed by atoms with Crippen LogP contribution in [0.5, 0.6) is 0 Å². The minimum Gasteiger partial charge on any atom is -0.338 e. The highest BCUT2D eigenvalue weighted by molar-refractivity contribution is 6.31. The molecule has 8 heteroatoms. The van der Waals surface area contributed by atoms with E-state index in [-0.39, 0.29) is 16.3 Å². The van der Waals surface area contributed by atoms with Gasteiger partial charge in [-0.25, -0.2) is 9.18 Å². The summed E-state index contributed by atoms with van der Waals surface area (Å²) in [6, 6.07) is 8.56. The highest BCUT2D eigenvalue weighted by atomic mass is 35.5. The summed E-state index contributed by atoms with van der Waals surface area (Å²) < 4.78 is 14.1. The van der Waals surface area contributed by atoms with Crippen LogP contribution in [-0.2, 0) is 6.42 Å². The van der Waals surface area contributed by atoms with Gasteiger partial charge in [0.15, 0.2) is 0 Å². The number of aryl methyl sites for hydroxylation is 1. The maximum atomic E-state index is 14.1. The van der Waals surface area contributed by atoms with Gasteiger partial charge in [-0.3, -0.25) is 4.79 Å². The number of hydrogen-bond acceptors (Lipinski definition) is 3. The van der Waals surface area contributed by atoms with Gasteiger partial charge in [-0.05, 0) is 62.2 Å². The van der Waals surface area contributed by atoms with E-state index >= 15 is 0 Å². The first-order valence-corrected chi connectivity index (χ1v) is 8.96. The van der Waals surface area contributed by atoms with Crippen LogP contribution in [0.15, 0.2) is 36.4 Å². The van der Waals surface area contributed by atoms with Gasteiger partial charge in [0.1, 0.15) is 5.82 Å². The molecule has 2 aromatic carbocycles. The summed E-state index contributed by atoms with van der Waals surface area (Å²) in [6.07, 6.45) is 1.46. The Kier molecular flexibility index (Phi) is 7.57. The summed E-state index contributed by atoms with van der Waals surface area (Å²) in [4.78, 5) is 24.2. The van der Waals surface area contributed by atoms with Crippen LogP contribution in [0, 0.1) is 5.82 Å². The fourth-order valence-electron chi connectivity index (χ4n) is 2.45. The topological polar surface area (TPSA) is 96.2 Å². The predicted octanol–water partition coefficient (Wildman–Crippen LogP) is 3.76. The van der Waals surface area contributed by atoms with Crippen LogP contribution in [0.25, 0.3) is 0 Å². The molecule has 0 radical (unpaired) electrons. The van der Waals surface area contributed by atoms with Crippen molar-refractivity contribution in [3.8, 4) is 0 Å². The fourth-order valence-corrected chi connectivity index (χ4v) is 2.69. The molecule has 0 aliphatic carbocycles. The quantitative estimate of drug-likeness (QED) is 0.577. The van der Waals surface area contributed by atoms with Crippen molar-refractivity contribution >= 4 is 34.9 Å². The summed E-state index contributed by atoms with van der Waals surface area (Å²) in [7, 11) is 0. The minimum atomic E-state index is -0.539. The van der Waals surface area contributed by atoms with Crippen molar-refractivity contribution in [3.05, 3.63) is 58.4 Å². The largest absolute Gasteiger partial charge is 0.338 e. The Hall–Kier alpha value is -2.64. The molecule has 0 aliphatic rings. The molecule has 0 bridgehead atoms. The zero-order chi connectivity index (χ0) is 19.8. The molecular formula is C19H22ClFN4O2. The molecule has 2 rings (SSSR count). The molecule has 3 amide bonds. The van der Waals surface area contributed by atoms with Gasteiger partial charge in [0.25, 0.3) is 5.91 Å². The van der Waals surface area contributed by atoms with Gasteiger partial charge in [-0.2, -0.15) is 0 Å². The molecule has 0 aromatic heterocycles. The summed E-state index contributed by atoms with van der Waals surface area (Å²) >= 11 is 6.03. The monoisotopic (exact) mass is 392 g/mol. The highest BCUT2D eigenvalue weighted by Crippen LogP contribution is 2.22. The standard InChI is InChI=1S/C19H22ClFN4O2/c1-2-23-19(27)24-15-10-13(9-14(20)11-15)18(26)25-17-8-12(4-3-7-22)5-6-16(17)21/h5-6,8-11H,2-4,7,22H2,1H3,(H,25,26)(H2,23,24,27). The Bertz CT molecular complexity index is 829. The van der Waals surface area contributed by atoms with E-state index in [0.717, 1.165) is 12.0 Å². The van der Waals surface area contributed by atoms with E-state index in [9.17, 15) is 14.0 Å². The first kappa shape index (κ1) is 20.7. The smallest absolute Gasteiger partial charge is 0.319 e. The maximum absolute atomic E-state index is 14.1. The maximum Gasteiger partial charge on any atom is 0.319 e. The van der Waals surface area contributed by atoms with Crippen molar-refractivity contribution in [2.24, 2.45) is 5.73 Å². The predicted molar refractivity (Wildman–Crippen MR) is 106 cm³/mol. The number of anilines is 2. The van der Waals surface area contributed by atoms with E-state index in [1.54, 1.807) is 19.1 Å². The average molecular weight is 393 g/mol. The van der Waals surface area contributed by atoms with Crippen molar-refractivity contribution in [3.63, 3.8) is 0 Å². The Morgan fingerprint density at radius 1 is 1.15 bits per heavy atom. The van der Waals surface area contributed by atoms with Crippen LogP contribution in [0.3, 0.4) is 0 Å². The normalized spacial score (nSPS) is 10.4. The lowest BCUT2D eigenvalue weighted by Gasteiger charge is -2.11. The third kappa shape index (κ3) is 6.23. The second-order valence-electron chi connectivity index (χ2n) is 5.87. The number of benzene rings is 2. The number of urea groups is 1. The van der Waals surface area contributed by atoms with E-state index in [0.29, 0.717) is 25.2 Å². The molecule has 0 atom stereocenters. The molecule has 6 nitrogen and oxygen atoms in total. The second-order valence-corrected chi connectivity index (χ2v) is 6.31. The van der Waals surface area contributed by atoms with Crippen LogP contribution in [0.4, 0.5) is 20.6 Å². The van der Waals surface area contributed by atoms with E-state index in [2.05, 4.69) is 16.0 Å². The Balaban J connectivity index is 2.18. The molecule has 2 aromatic rings. The zero-order valence-electron chi connectivity index (χ0n) is 14.9. The van der Waals surface area contributed by atoms with Gasteiger partial charge in [0, 0.05) is 22.8 Å². The fraction of sp³-hybridized carbons (Fsp3) is 0.263. The number of carbonyl (C=O) groups is 2. The lowest BCUT2D eigenvalue weighted by molar-refractivity contribution is 0.102. The van der Waals surface area contributed by atoms with Gasteiger partial charge < -0.3 is 21.7 Å². The third-order valence-corrected chi connectivity index (χ3v) is 3.92. The molecule has 0 aliphatic heterocycles. The number of carbonyl (C=O) groups excluding carboxylic acids is 2. The van der Waals surface area contributed by atoms with Crippen LogP contribution >= 0.6 is 11.6 Å². The van der Waals surface area contributed by atoms with Gasteiger partial charge in [-0.1, -0.05) is 17.7 Å². The number of nitrogens with one attached hydrogen (secondary N) is 3. The molecule has 0 saturated carbocycles. The molecule has 0 saturated heterocycles. The number of rotatable bonds is 7. The number of nitrogens with two attached hydrogens (primary N) is 1. The van der Waals surface area contributed by atoms with Crippen molar-refractivity contribution in [1.29, 1.82) is 0 Å².